The van der Waals surface area contributed by atoms with Crippen LogP contribution in [-0.2, 0) is 9.59 Å². The van der Waals surface area contributed by atoms with Crippen LogP contribution in [0, 0.1) is 5.92 Å². The Hall–Kier alpha value is -1.43. The molecule has 2 atom stereocenters. The van der Waals surface area contributed by atoms with Crippen molar-refractivity contribution in [3.8, 4) is 0 Å². The molecule has 0 radical (unpaired) electrons. The van der Waals surface area contributed by atoms with Crippen molar-refractivity contribution in [1.82, 2.24) is 15.2 Å². The predicted molar refractivity (Wildman–Crippen MR) is 81.0 cm³/mol. The number of thiazole rings is 1. The van der Waals surface area contributed by atoms with E-state index in [1.807, 2.05) is 17.2 Å². The van der Waals surface area contributed by atoms with Gasteiger partial charge in [0, 0.05) is 37.0 Å². The fourth-order valence-electron chi connectivity index (χ4n) is 3.07. The van der Waals surface area contributed by atoms with Gasteiger partial charge in [-0.05, 0) is 25.7 Å². The molecule has 1 aromatic heterocycles. The zero-order valence-electron chi connectivity index (χ0n) is 12.5. The molecule has 5 nitrogen and oxygen atoms in total. The highest BCUT2D eigenvalue weighted by Crippen LogP contribution is 2.41. The molecule has 2 aliphatic rings. The van der Waals surface area contributed by atoms with Gasteiger partial charge in [0.25, 0.3) is 0 Å². The lowest BCUT2D eigenvalue weighted by Crippen LogP contribution is -2.57. The van der Waals surface area contributed by atoms with E-state index in [9.17, 15) is 9.59 Å². The Kier molecular flexibility index (Phi) is 3.73. The van der Waals surface area contributed by atoms with Gasteiger partial charge in [-0.3, -0.25) is 9.59 Å². The summed E-state index contributed by atoms with van der Waals surface area (Å²) in [4.78, 5) is 31.0. The van der Waals surface area contributed by atoms with Gasteiger partial charge in [0.2, 0.25) is 11.8 Å². The SMILES string of the molecule is CC(CN1CCC(=O)NC(C)(C2CC2)C1=O)c1nccs1. The second-order valence-electron chi connectivity index (χ2n) is 6.30. The molecule has 2 unspecified atom stereocenters. The minimum Gasteiger partial charge on any atom is -0.342 e. The second-order valence-corrected chi connectivity index (χ2v) is 7.22. The van der Waals surface area contributed by atoms with Crippen LogP contribution < -0.4 is 5.32 Å². The fourth-order valence-corrected chi connectivity index (χ4v) is 3.76. The summed E-state index contributed by atoms with van der Waals surface area (Å²) in [6, 6.07) is 0. The molecule has 2 heterocycles. The molecular weight excluding hydrogens is 286 g/mol. The van der Waals surface area contributed by atoms with Gasteiger partial charge in [-0.15, -0.1) is 11.3 Å². The number of hydrogen-bond acceptors (Lipinski definition) is 4. The maximum atomic E-state index is 12.9. The second kappa shape index (κ2) is 5.40. The summed E-state index contributed by atoms with van der Waals surface area (Å²) in [5, 5.41) is 5.96. The molecule has 1 N–H and O–H groups in total. The molecule has 21 heavy (non-hydrogen) atoms. The molecule has 1 aromatic rings. The minimum absolute atomic E-state index is 0.0119. The molecule has 1 aliphatic carbocycles. The van der Waals surface area contributed by atoms with Crippen LogP contribution in [0.25, 0.3) is 0 Å². The van der Waals surface area contributed by atoms with Crippen molar-refractivity contribution in [3.63, 3.8) is 0 Å². The number of aromatic nitrogens is 1. The van der Waals surface area contributed by atoms with E-state index in [1.54, 1.807) is 17.5 Å². The highest BCUT2D eigenvalue weighted by Gasteiger charge is 2.51. The quantitative estimate of drug-likeness (QED) is 0.922. The Morgan fingerprint density at radius 1 is 1.52 bits per heavy atom. The first-order valence-corrected chi connectivity index (χ1v) is 8.38. The van der Waals surface area contributed by atoms with E-state index in [2.05, 4.69) is 17.2 Å². The average Bonchev–Trinajstić information content (AvgIpc) is 3.18. The summed E-state index contributed by atoms with van der Waals surface area (Å²) in [7, 11) is 0. The van der Waals surface area contributed by atoms with E-state index in [1.165, 1.54) is 0 Å². The Morgan fingerprint density at radius 3 is 2.90 bits per heavy atom. The van der Waals surface area contributed by atoms with Crippen molar-refractivity contribution in [3.05, 3.63) is 16.6 Å². The smallest absolute Gasteiger partial charge is 0.248 e. The lowest BCUT2D eigenvalue weighted by atomic mass is 9.93. The Balaban J connectivity index is 1.77. The summed E-state index contributed by atoms with van der Waals surface area (Å²) in [6.45, 7) is 5.10. The van der Waals surface area contributed by atoms with E-state index in [0.717, 1.165) is 17.8 Å². The number of carbonyl (C=O) groups excluding carboxylic acids is 2. The topological polar surface area (TPSA) is 62.3 Å². The lowest BCUT2D eigenvalue weighted by molar-refractivity contribution is -0.139. The van der Waals surface area contributed by atoms with Gasteiger partial charge in [-0.1, -0.05) is 6.92 Å². The molecule has 3 rings (SSSR count). The molecule has 6 heteroatoms. The minimum atomic E-state index is -0.712. The molecule has 0 aromatic carbocycles. The summed E-state index contributed by atoms with van der Waals surface area (Å²) < 4.78 is 0. The standard InChI is InChI=1S/C15H21N3O2S/c1-10(13-16-6-8-21-13)9-18-7-5-12(19)17-15(2,14(18)20)11-3-4-11/h6,8,10-11H,3-5,7,9H2,1-2H3,(H,17,19). The third-order valence-corrected chi connectivity index (χ3v) is 5.51. The summed E-state index contributed by atoms with van der Waals surface area (Å²) in [5.74, 6) is 0.553. The van der Waals surface area contributed by atoms with E-state index < -0.39 is 5.54 Å². The first-order chi connectivity index (χ1) is 10.0. The van der Waals surface area contributed by atoms with Gasteiger partial charge in [0.1, 0.15) is 5.54 Å². The van der Waals surface area contributed by atoms with Crippen LogP contribution in [0.1, 0.15) is 44.0 Å². The van der Waals surface area contributed by atoms with E-state index in [0.29, 0.717) is 25.4 Å². The number of rotatable bonds is 4. The Labute approximate surface area is 128 Å². The predicted octanol–water partition coefficient (Wildman–Crippen LogP) is 1.76. The molecule has 1 aliphatic heterocycles. The van der Waals surface area contributed by atoms with Crippen LogP contribution in [0.3, 0.4) is 0 Å². The van der Waals surface area contributed by atoms with Crippen LogP contribution in [0.4, 0.5) is 0 Å². The molecule has 0 spiro atoms. The van der Waals surface area contributed by atoms with Crippen molar-refractivity contribution >= 4 is 23.2 Å². The maximum absolute atomic E-state index is 12.9. The van der Waals surface area contributed by atoms with Gasteiger partial charge in [0.05, 0.1) is 5.01 Å². The van der Waals surface area contributed by atoms with E-state index in [4.69, 9.17) is 0 Å². The highest BCUT2D eigenvalue weighted by atomic mass is 32.1. The molecule has 2 fully saturated rings. The molecule has 0 bridgehead atoms. The van der Waals surface area contributed by atoms with Gasteiger partial charge < -0.3 is 10.2 Å². The van der Waals surface area contributed by atoms with Gasteiger partial charge >= 0.3 is 0 Å². The van der Waals surface area contributed by atoms with Crippen LogP contribution in [-0.4, -0.2) is 40.3 Å². The number of nitrogens with one attached hydrogen (secondary N) is 1. The zero-order chi connectivity index (χ0) is 15.0. The largest absolute Gasteiger partial charge is 0.342 e. The molecule has 1 saturated heterocycles. The number of hydrogen-bond donors (Lipinski definition) is 1. The highest BCUT2D eigenvalue weighted by molar-refractivity contribution is 7.09. The number of amides is 2. The van der Waals surface area contributed by atoms with Crippen LogP contribution in [0.2, 0.25) is 0 Å². The molecular formula is C15H21N3O2S. The zero-order valence-corrected chi connectivity index (χ0v) is 13.3. The third-order valence-electron chi connectivity index (χ3n) is 4.50. The van der Waals surface area contributed by atoms with Crippen molar-refractivity contribution in [2.45, 2.75) is 44.6 Å². The average molecular weight is 307 g/mol. The molecule has 114 valence electrons. The Morgan fingerprint density at radius 2 is 2.29 bits per heavy atom. The van der Waals surface area contributed by atoms with E-state index in [-0.39, 0.29) is 17.7 Å². The summed E-state index contributed by atoms with van der Waals surface area (Å²) >= 11 is 1.61. The number of carbonyl (C=O) groups is 2. The van der Waals surface area contributed by atoms with Crippen LogP contribution in [0.5, 0.6) is 0 Å². The van der Waals surface area contributed by atoms with Crippen molar-refractivity contribution in [2.75, 3.05) is 13.1 Å². The number of nitrogens with zero attached hydrogens (tertiary/aromatic N) is 2. The normalized spacial score (nSPS) is 28.2. The monoisotopic (exact) mass is 307 g/mol. The fraction of sp³-hybridized carbons (Fsp3) is 0.667. The molecule has 2 amide bonds. The first-order valence-electron chi connectivity index (χ1n) is 7.50. The van der Waals surface area contributed by atoms with Gasteiger partial charge in [-0.2, -0.15) is 0 Å². The summed E-state index contributed by atoms with van der Waals surface area (Å²) in [5.41, 5.74) is -0.712. The van der Waals surface area contributed by atoms with Crippen LogP contribution >= 0.6 is 11.3 Å². The summed E-state index contributed by atoms with van der Waals surface area (Å²) in [6.07, 6.45) is 4.23. The van der Waals surface area contributed by atoms with Crippen molar-refractivity contribution < 1.29 is 9.59 Å². The van der Waals surface area contributed by atoms with Crippen LogP contribution in [0.15, 0.2) is 11.6 Å². The van der Waals surface area contributed by atoms with Gasteiger partial charge in [-0.25, -0.2) is 4.98 Å². The maximum Gasteiger partial charge on any atom is 0.248 e. The lowest BCUT2D eigenvalue weighted by Gasteiger charge is -2.33. The third kappa shape index (κ3) is 2.81. The first kappa shape index (κ1) is 14.5. The van der Waals surface area contributed by atoms with Crippen molar-refractivity contribution in [2.24, 2.45) is 5.92 Å². The molecule has 1 saturated carbocycles. The van der Waals surface area contributed by atoms with Gasteiger partial charge in [0.15, 0.2) is 0 Å². The van der Waals surface area contributed by atoms with E-state index >= 15 is 0 Å². The van der Waals surface area contributed by atoms with Crippen molar-refractivity contribution in [1.29, 1.82) is 0 Å². The Bertz CT molecular complexity index is 541.